The number of hydrogen-bond acceptors (Lipinski definition) is 5. The predicted molar refractivity (Wildman–Crippen MR) is 130 cm³/mol. The van der Waals surface area contributed by atoms with E-state index in [1.54, 1.807) is 13.2 Å². The van der Waals surface area contributed by atoms with Gasteiger partial charge >= 0.3 is 0 Å². The Morgan fingerprint density at radius 2 is 2.00 bits per heavy atom. The Bertz CT molecular complexity index is 1070. The lowest BCUT2D eigenvalue weighted by atomic mass is 9.92. The summed E-state index contributed by atoms with van der Waals surface area (Å²) >= 11 is 5.75. The van der Waals surface area contributed by atoms with E-state index < -0.39 is 23.8 Å². The first kappa shape index (κ1) is 25.6. The summed E-state index contributed by atoms with van der Waals surface area (Å²) in [5.74, 6) is -2.16. The topological polar surface area (TPSA) is 129 Å². The number of nitrogens with one attached hydrogen (secondary N) is 4. The molecule has 1 aromatic carbocycles. The van der Waals surface area contributed by atoms with Gasteiger partial charge in [0.15, 0.2) is 5.78 Å². The smallest absolute Gasteiger partial charge is 0.238 e. The normalized spacial score (nSPS) is 17.3. The molecule has 0 bridgehead atoms. The van der Waals surface area contributed by atoms with Crippen LogP contribution in [0, 0.1) is 17.8 Å². The highest BCUT2D eigenvalue weighted by Gasteiger charge is 2.34. The summed E-state index contributed by atoms with van der Waals surface area (Å²) in [7, 11) is 1.57. The zero-order valence-electron chi connectivity index (χ0n) is 19.6. The number of halogens is 1. The van der Waals surface area contributed by atoms with Gasteiger partial charge in [0.1, 0.15) is 17.5 Å². The van der Waals surface area contributed by atoms with Gasteiger partial charge in [0.25, 0.3) is 0 Å². The summed E-state index contributed by atoms with van der Waals surface area (Å²) in [4.78, 5) is 53.8. The number of fused-ring (bicyclic) bond motifs is 1. The van der Waals surface area contributed by atoms with Crippen LogP contribution >= 0.6 is 11.6 Å². The number of rotatable bonds is 11. The molecule has 0 aliphatic carbocycles. The third-order valence-corrected chi connectivity index (χ3v) is 6.23. The second-order valence-electron chi connectivity index (χ2n) is 8.95. The Labute approximate surface area is 203 Å². The number of aromatic amines is 1. The molecule has 0 radical (unpaired) electrons. The van der Waals surface area contributed by atoms with E-state index in [0.29, 0.717) is 24.5 Å². The zero-order chi connectivity index (χ0) is 24.8. The molecule has 3 atom stereocenters. The van der Waals surface area contributed by atoms with Crippen molar-refractivity contribution in [1.82, 2.24) is 15.6 Å². The molecule has 0 saturated carbocycles. The zero-order valence-corrected chi connectivity index (χ0v) is 20.3. The second-order valence-corrected chi connectivity index (χ2v) is 9.22. The fraction of sp³-hybridized carbons (Fsp3) is 0.500. The minimum absolute atomic E-state index is 0.0482. The lowest BCUT2D eigenvalue weighted by Crippen LogP contribution is -2.48. The molecule has 2 heterocycles. The van der Waals surface area contributed by atoms with Crippen LogP contribution < -0.4 is 20.7 Å². The first-order valence-electron chi connectivity index (χ1n) is 11.4. The van der Waals surface area contributed by atoms with Crippen LogP contribution in [0.15, 0.2) is 24.3 Å². The molecule has 1 aliphatic heterocycles. The highest BCUT2D eigenvalue weighted by atomic mass is 35.5. The van der Waals surface area contributed by atoms with Crippen LogP contribution in [-0.2, 0) is 19.2 Å². The van der Waals surface area contributed by atoms with Crippen molar-refractivity contribution in [3.8, 4) is 5.75 Å². The van der Waals surface area contributed by atoms with Crippen molar-refractivity contribution in [3.63, 3.8) is 0 Å². The van der Waals surface area contributed by atoms with E-state index in [1.807, 2.05) is 32.0 Å². The first-order chi connectivity index (χ1) is 16.2. The van der Waals surface area contributed by atoms with Crippen LogP contribution in [0.2, 0.25) is 0 Å². The van der Waals surface area contributed by atoms with Crippen LogP contribution in [0.3, 0.4) is 0 Å². The third-order valence-electron chi connectivity index (χ3n) is 5.96. The number of hydrogen-bond donors (Lipinski definition) is 4. The molecule has 9 nitrogen and oxygen atoms in total. The Hall–Kier alpha value is -3.07. The minimum Gasteiger partial charge on any atom is -0.496 e. The number of Topliss-reactive ketones (excluding diaryl/α,β-unsaturated/α-hetero) is 1. The van der Waals surface area contributed by atoms with Crippen molar-refractivity contribution in [1.29, 1.82) is 0 Å². The van der Waals surface area contributed by atoms with E-state index >= 15 is 0 Å². The number of ether oxygens (including phenoxy) is 1. The average Bonchev–Trinajstić information content (AvgIpc) is 3.40. The van der Waals surface area contributed by atoms with Gasteiger partial charge in [-0.05, 0) is 43.4 Å². The summed E-state index contributed by atoms with van der Waals surface area (Å²) in [6.07, 6.45) is 1.02. The fourth-order valence-electron chi connectivity index (χ4n) is 4.19. The predicted octanol–water partition coefficient (Wildman–Crippen LogP) is 2.60. The van der Waals surface area contributed by atoms with Gasteiger partial charge in [0.2, 0.25) is 17.7 Å². The van der Waals surface area contributed by atoms with E-state index in [4.69, 9.17) is 16.3 Å². The van der Waals surface area contributed by atoms with Gasteiger partial charge in [0, 0.05) is 17.8 Å². The number of amides is 3. The van der Waals surface area contributed by atoms with Crippen molar-refractivity contribution in [2.45, 2.75) is 39.2 Å². The Morgan fingerprint density at radius 1 is 1.24 bits per heavy atom. The van der Waals surface area contributed by atoms with E-state index in [0.717, 1.165) is 10.9 Å². The van der Waals surface area contributed by atoms with Gasteiger partial charge in [-0.15, -0.1) is 11.6 Å². The molecular weight excluding hydrogens is 460 g/mol. The van der Waals surface area contributed by atoms with Gasteiger partial charge < -0.3 is 25.7 Å². The van der Waals surface area contributed by atoms with E-state index in [2.05, 4.69) is 20.9 Å². The molecular formula is C24H31ClN4O5. The standard InChI is InChI=1S/C24H31ClN4O5/c1-13(2)9-16(23(32)28-18(19(30)12-25)10-14-7-8-26-22(14)31)24(33)29-21-11-15-17(27-21)5-4-6-20(15)34-3/h4-6,11,13-14,16,18,27H,7-10,12H2,1-3H3,(H,26,31)(H,28,32)(H,29,33)/t14-,16-,18-/m0/s1. The van der Waals surface area contributed by atoms with Crippen molar-refractivity contribution < 1.29 is 23.9 Å². The van der Waals surface area contributed by atoms with Crippen molar-refractivity contribution in [2.24, 2.45) is 17.8 Å². The molecule has 1 saturated heterocycles. The molecule has 184 valence electrons. The lowest BCUT2D eigenvalue weighted by Gasteiger charge is -2.23. The van der Waals surface area contributed by atoms with Crippen molar-refractivity contribution in [2.75, 3.05) is 24.9 Å². The molecule has 1 aliphatic rings. The Kier molecular flexibility index (Phi) is 8.55. The number of ketones is 1. The molecule has 10 heteroatoms. The minimum atomic E-state index is -1.03. The molecule has 2 aromatic rings. The summed E-state index contributed by atoms with van der Waals surface area (Å²) in [5.41, 5.74) is 0.780. The van der Waals surface area contributed by atoms with Crippen LogP contribution in [-0.4, -0.2) is 54.1 Å². The Balaban J connectivity index is 1.76. The monoisotopic (exact) mass is 490 g/mol. The molecule has 3 amide bonds. The van der Waals surface area contributed by atoms with Crippen LogP contribution in [0.1, 0.15) is 33.1 Å². The molecule has 1 fully saturated rings. The van der Waals surface area contributed by atoms with Gasteiger partial charge in [0.05, 0.1) is 24.5 Å². The first-order valence-corrected chi connectivity index (χ1v) is 11.9. The molecule has 34 heavy (non-hydrogen) atoms. The SMILES string of the molecule is COc1cccc2[nH]c(NC(=O)[C@@H](CC(C)C)C(=O)N[C@@H](C[C@@H]3CCNC3=O)C(=O)CCl)cc12. The summed E-state index contributed by atoms with van der Waals surface area (Å²) in [5, 5.41) is 8.99. The Morgan fingerprint density at radius 3 is 2.62 bits per heavy atom. The maximum atomic E-state index is 13.2. The molecule has 1 aromatic heterocycles. The van der Waals surface area contributed by atoms with Gasteiger partial charge in [-0.2, -0.15) is 0 Å². The highest BCUT2D eigenvalue weighted by Crippen LogP contribution is 2.28. The van der Waals surface area contributed by atoms with Crippen molar-refractivity contribution in [3.05, 3.63) is 24.3 Å². The summed E-state index contributed by atoms with van der Waals surface area (Å²) in [6.45, 7) is 4.35. The van der Waals surface area contributed by atoms with Crippen molar-refractivity contribution >= 4 is 51.8 Å². The summed E-state index contributed by atoms with van der Waals surface area (Å²) < 4.78 is 5.35. The van der Waals surface area contributed by atoms with Gasteiger partial charge in [-0.3, -0.25) is 19.2 Å². The number of carbonyl (C=O) groups is 4. The number of aromatic nitrogens is 1. The highest BCUT2D eigenvalue weighted by molar-refractivity contribution is 6.28. The summed E-state index contributed by atoms with van der Waals surface area (Å²) in [6, 6.07) is 6.31. The van der Waals surface area contributed by atoms with E-state index in [1.165, 1.54) is 0 Å². The fourth-order valence-corrected chi connectivity index (χ4v) is 4.37. The number of alkyl halides is 1. The molecule has 3 rings (SSSR count). The van der Waals surface area contributed by atoms with Crippen LogP contribution in [0.25, 0.3) is 10.9 Å². The van der Waals surface area contributed by atoms with Gasteiger partial charge in [-0.25, -0.2) is 0 Å². The largest absolute Gasteiger partial charge is 0.496 e. The van der Waals surface area contributed by atoms with E-state index in [-0.39, 0.29) is 42.2 Å². The third kappa shape index (κ3) is 6.08. The van der Waals surface area contributed by atoms with Crippen LogP contribution in [0.4, 0.5) is 5.82 Å². The number of benzene rings is 1. The molecule has 4 N–H and O–H groups in total. The average molecular weight is 491 g/mol. The number of methoxy groups -OCH3 is 1. The lowest BCUT2D eigenvalue weighted by molar-refractivity contribution is -0.136. The quantitative estimate of drug-likeness (QED) is 0.284. The van der Waals surface area contributed by atoms with Gasteiger partial charge in [-0.1, -0.05) is 19.9 Å². The maximum absolute atomic E-state index is 13.2. The number of anilines is 1. The maximum Gasteiger partial charge on any atom is 0.238 e. The van der Waals surface area contributed by atoms with E-state index in [9.17, 15) is 19.2 Å². The molecule has 0 unspecified atom stereocenters. The number of carbonyl (C=O) groups excluding carboxylic acids is 4. The van der Waals surface area contributed by atoms with Crippen LogP contribution in [0.5, 0.6) is 5.75 Å². The second kappa shape index (κ2) is 11.4. The number of H-pyrrole nitrogens is 1. The molecule has 0 spiro atoms.